The molecule has 0 N–H and O–H groups in total. The van der Waals surface area contributed by atoms with Crippen LogP contribution in [-0.2, 0) is 4.79 Å². The van der Waals surface area contributed by atoms with Gasteiger partial charge in [0.15, 0.2) is 0 Å². The van der Waals surface area contributed by atoms with Crippen LogP contribution in [0.1, 0.15) is 20.3 Å². The number of carbonyl (C=O) groups excluding carboxylic acids is 1. The highest BCUT2D eigenvalue weighted by Crippen LogP contribution is 2.36. The summed E-state index contributed by atoms with van der Waals surface area (Å²) in [6, 6.07) is 0. The highest BCUT2D eigenvalue weighted by Gasteiger charge is 2.43. The van der Waals surface area contributed by atoms with Gasteiger partial charge >= 0.3 is 0 Å². The minimum atomic E-state index is -0.820. The molecule has 0 saturated heterocycles. The Morgan fingerprint density at radius 2 is 2.11 bits per heavy atom. The molecule has 1 unspecified atom stereocenters. The van der Waals surface area contributed by atoms with Crippen molar-refractivity contribution in [2.45, 2.75) is 26.4 Å². The van der Waals surface area contributed by atoms with E-state index in [2.05, 4.69) is 0 Å². The number of ketones is 1. The smallest absolute Gasteiger partial charge is 0.141 e. The van der Waals surface area contributed by atoms with E-state index in [9.17, 15) is 9.18 Å². The van der Waals surface area contributed by atoms with E-state index in [0.717, 1.165) is 0 Å². The lowest BCUT2D eigenvalue weighted by Gasteiger charge is -1.98. The number of hydrogen-bond donors (Lipinski definition) is 0. The molecule has 1 saturated carbocycles. The Bertz CT molecular complexity index is 131. The van der Waals surface area contributed by atoms with Gasteiger partial charge in [-0.15, -0.1) is 0 Å². The first-order valence-corrected chi connectivity index (χ1v) is 3.30. The molecular formula is C7H11FO. The normalized spacial score (nSPS) is 32.9. The number of hydrogen-bond acceptors (Lipinski definition) is 1. The van der Waals surface area contributed by atoms with Gasteiger partial charge in [-0.2, -0.15) is 0 Å². The molecule has 0 aromatic rings. The zero-order valence-electron chi connectivity index (χ0n) is 5.73. The molecule has 1 nitrogen and oxygen atoms in total. The highest BCUT2D eigenvalue weighted by molar-refractivity contribution is 5.85. The number of carbonyl (C=O) groups is 1. The fourth-order valence-electron chi connectivity index (χ4n) is 0.887. The van der Waals surface area contributed by atoms with Crippen LogP contribution in [0.5, 0.6) is 0 Å². The Morgan fingerprint density at radius 3 is 2.22 bits per heavy atom. The molecule has 0 spiro atoms. The van der Waals surface area contributed by atoms with Crippen molar-refractivity contribution in [3.63, 3.8) is 0 Å². The molecule has 0 aliphatic heterocycles. The minimum Gasteiger partial charge on any atom is -0.299 e. The molecule has 0 bridgehead atoms. The minimum absolute atomic E-state index is 0.00995. The Kier molecular flexibility index (Phi) is 1.56. The average molecular weight is 130 g/mol. The zero-order chi connectivity index (χ0) is 7.02. The van der Waals surface area contributed by atoms with Crippen LogP contribution in [0.3, 0.4) is 0 Å². The summed E-state index contributed by atoms with van der Waals surface area (Å²) in [4.78, 5) is 10.9. The second-order valence-electron chi connectivity index (χ2n) is 2.92. The van der Waals surface area contributed by atoms with E-state index in [4.69, 9.17) is 0 Å². The third-order valence-corrected chi connectivity index (χ3v) is 1.65. The zero-order valence-corrected chi connectivity index (χ0v) is 5.73. The maximum Gasteiger partial charge on any atom is 0.141 e. The van der Waals surface area contributed by atoms with Crippen molar-refractivity contribution in [2.24, 2.45) is 11.8 Å². The number of alkyl halides is 1. The van der Waals surface area contributed by atoms with E-state index in [-0.39, 0.29) is 17.6 Å². The lowest BCUT2D eigenvalue weighted by Crippen LogP contribution is -2.10. The van der Waals surface area contributed by atoms with Gasteiger partial charge in [-0.25, -0.2) is 4.39 Å². The van der Waals surface area contributed by atoms with E-state index >= 15 is 0 Å². The van der Waals surface area contributed by atoms with E-state index in [1.807, 2.05) is 13.8 Å². The lowest BCUT2D eigenvalue weighted by atomic mass is 10.1. The summed E-state index contributed by atoms with van der Waals surface area (Å²) in [5, 5.41) is 0. The van der Waals surface area contributed by atoms with Gasteiger partial charge in [-0.05, 0) is 6.42 Å². The third kappa shape index (κ3) is 1.29. The van der Waals surface area contributed by atoms with Crippen LogP contribution in [0.2, 0.25) is 0 Å². The molecule has 0 heterocycles. The Labute approximate surface area is 54.3 Å². The molecule has 52 valence electrons. The van der Waals surface area contributed by atoms with Crippen molar-refractivity contribution in [3.05, 3.63) is 0 Å². The fourth-order valence-corrected chi connectivity index (χ4v) is 0.887. The van der Waals surface area contributed by atoms with Crippen LogP contribution in [0.15, 0.2) is 0 Å². The molecule has 1 fully saturated rings. The SMILES string of the molecule is CC(C)C(=O)[C@@H]1CC1F. The van der Waals surface area contributed by atoms with Crippen molar-refractivity contribution in [3.8, 4) is 0 Å². The number of Topliss-reactive ketones (excluding diaryl/α,β-unsaturated/α-hetero) is 1. The van der Waals surface area contributed by atoms with E-state index < -0.39 is 6.17 Å². The molecule has 0 radical (unpaired) electrons. The van der Waals surface area contributed by atoms with Crippen molar-refractivity contribution < 1.29 is 9.18 Å². The lowest BCUT2D eigenvalue weighted by molar-refractivity contribution is -0.123. The van der Waals surface area contributed by atoms with Crippen molar-refractivity contribution in [1.29, 1.82) is 0 Å². The average Bonchev–Trinajstić information content (AvgIpc) is 2.44. The van der Waals surface area contributed by atoms with Gasteiger partial charge in [-0.1, -0.05) is 13.8 Å². The van der Waals surface area contributed by atoms with Crippen molar-refractivity contribution in [1.82, 2.24) is 0 Å². The van der Waals surface area contributed by atoms with Crippen LogP contribution in [0.4, 0.5) is 4.39 Å². The first kappa shape index (κ1) is 6.72. The molecule has 2 atom stereocenters. The third-order valence-electron chi connectivity index (χ3n) is 1.65. The van der Waals surface area contributed by atoms with Gasteiger partial charge in [0, 0.05) is 5.92 Å². The summed E-state index contributed by atoms with van der Waals surface area (Å²) in [6.07, 6.45) is -0.350. The Hall–Kier alpha value is -0.400. The summed E-state index contributed by atoms with van der Waals surface area (Å²) in [5.41, 5.74) is 0. The Morgan fingerprint density at radius 1 is 1.67 bits per heavy atom. The maximum atomic E-state index is 12.2. The molecule has 0 amide bonds. The number of rotatable bonds is 2. The quantitative estimate of drug-likeness (QED) is 0.554. The molecule has 0 aromatic heterocycles. The Balaban J connectivity index is 2.36. The second-order valence-corrected chi connectivity index (χ2v) is 2.92. The van der Waals surface area contributed by atoms with Crippen LogP contribution >= 0.6 is 0 Å². The topological polar surface area (TPSA) is 17.1 Å². The molecular weight excluding hydrogens is 119 g/mol. The van der Waals surface area contributed by atoms with Crippen molar-refractivity contribution >= 4 is 5.78 Å². The van der Waals surface area contributed by atoms with E-state index in [1.165, 1.54) is 0 Å². The molecule has 9 heavy (non-hydrogen) atoms. The monoisotopic (exact) mass is 130 g/mol. The maximum absolute atomic E-state index is 12.2. The van der Waals surface area contributed by atoms with Gasteiger partial charge in [-0.3, -0.25) is 4.79 Å². The van der Waals surface area contributed by atoms with Gasteiger partial charge in [0.25, 0.3) is 0 Å². The molecule has 1 aliphatic rings. The first-order valence-electron chi connectivity index (χ1n) is 3.30. The predicted molar refractivity (Wildman–Crippen MR) is 32.8 cm³/mol. The second kappa shape index (κ2) is 2.09. The molecule has 1 aliphatic carbocycles. The number of halogens is 1. The summed E-state index contributed by atoms with van der Waals surface area (Å²) >= 11 is 0. The summed E-state index contributed by atoms with van der Waals surface area (Å²) < 4.78 is 12.2. The molecule has 2 heteroatoms. The molecule has 0 aromatic carbocycles. The van der Waals surface area contributed by atoms with Crippen LogP contribution in [0, 0.1) is 11.8 Å². The predicted octanol–water partition coefficient (Wildman–Crippen LogP) is 1.57. The molecule has 1 rings (SSSR count). The summed E-state index contributed by atoms with van der Waals surface area (Å²) in [7, 11) is 0. The van der Waals surface area contributed by atoms with Crippen LogP contribution in [-0.4, -0.2) is 12.0 Å². The van der Waals surface area contributed by atoms with Gasteiger partial charge in [0.05, 0.1) is 5.92 Å². The fraction of sp³-hybridized carbons (Fsp3) is 0.857. The largest absolute Gasteiger partial charge is 0.299 e. The van der Waals surface area contributed by atoms with E-state index in [1.54, 1.807) is 0 Å². The van der Waals surface area contributed by atoms with Gasteiger partial charge < -0.3 is 0 Å². The highest BCUT2D eigenvalue weighted by atomic mass is 19.1. The first-order chi connectivity index (χ1) is 4.13. The standard InChI is InChI=1S/C7H11FO/c1-4(2)7(9)5-3-6(5)8/h4-6H,3H2,1-2H3/t5-,6?/m1/s1. The summed E-state index contributed by atoms with van der Waals surface area (Å²) in [6.45, 7) is 3.63. The van der Waals surface area contributed by atoms with Gasteiger partial charge in [0.1, 0.15) is 12.0 Å². The van der Waals surface area contributed by atoms with Crippen LogP contribution < -0.4 is 0 Å². The summed E-state index contributed by atoms with van der Waals surface area (Å²) in [5.74, 6) is -0.150. The van der Waals surface area contributed by atoms with Gasteiger partial charge in [0.2, 0.25) is 0 Å². The van der Waals surface area contributed by atoms with E-state index in [0.29, 0.717) is 6.42 Å². The van der Waals surface area contributed by atoms with Crippen molar-refractivity contribution in [2.75, 3.05) is 0 Å². The van der Waals surface area contributed by atoms with Crippen LogP contribution in [0.25, 0.3) is 0 Å².